The van der Waals surface area contributed by atoms with Crippen LogP contribution in [-0.2, 0) is 37.0 Å². The monoisotopic (exact) mass is 422 g/mol. The molecule has 0 amide bonds. The van der Waals surface area contributed by atoms with Gasteiger partial charge in [0.05, 0.1) is 46.2 Å². The summed E-state index contributed by atoms with van der Waals surface area (Å²) in [7, 11) is -2.99. The van der Waals surface area contributed by atoms with Gasteiger partial charge in [-0.15, -0.1) is 0 Å². The zero-order valence-corrected chi connectivity index (χ0v) is 18.9. The third kappa shape index (κ3) is 15.1. The van der Waals surface area contributed by atoms with Crippen molar-refractivity contribution in [2.45, 2.75) is 40.2 Å². The molecule has 0 heterocycles. The lowest BCUT2D eigenvalue weighted by atomic mass is 10.5. The van der Waals surface area contributed by atoms with Crippen LogP contribution in [0.4, 0.5) is 0 Å². The number of rotatable bonds is 20. The Labute approximate surface area is 170 Å². The Morgan fingerprint density at radius 1 is 0.750 bits per heavy atom. The van der Waals surface area contributed by atoms with E-state index in [-0.39, 0.29) is 12.6 Å². The first-order chi connectivity index (χ1) is 13.6. The zero-order valence-electron chi connectivity index (χ0n) is 17.9. The lowest BCUT2D eigenvalue weighted by Crippen LogP contribution is -2.48. The van der Waals surface area contributed by atoms with Crippen molar-refractivity contribution in [3.63, 3.8) is 0 Å². The van der Waals surface area contributed by atoms with Gasteiger partial charge in [0.1, 0.15) is 0 Å². The molecule has 0 aliphatic heterocycles. The van der Waals surface area contributed by atoms with Gasteiger partial charge in [0.15, 0.2) is 0 Å². The quantitative estimate of drug-likeness (QED) is 0.128. The molecular weight excluding hydrogens is 384 g/mol. The van der Waals surface area contributed by atoms with Crippen molar-refractivity contribution in [2.75, 3.05) is 66.1 Å². The van der Waals surface area contributed by atoms with Crippen LogP contribution in [0.2, 0.25) is 6.04 Å². The van der Waals surface area contributed by atoms with Crippen molar-refractivity contribution in [1.29, 1.82) is 0 Å². The van der Waals surface area contributed by atoms with Crippen LogP contribution in [0.5, 0.6) is 0 Å². The predicted molar refractivity (Wildman–Crippen MR) is 108 cm³/mol. The molecule has 0 fully saturated rings. The van der Waals surface area contributed by atoms with Crippen LogP contribution in [0.25, 0.3) is 0 Å². The number of hydrogen-bond acceptors (Lipinski definition) is 8. The molecule has 0 spiro atoms. The summed E-state index contributed by atoms with van der Waals surface area (Å²) in [4.78, 5) is 11.5. The van der Waals surface area contributed by atoms with Gasteiger partial charge in [0.25, 0.3) is 0 Å². The molecule has 0 aliphatic carbocycles. The summed E-state index contributed by atoms with van der Waals surface area (Å²) in [5.41, 5.74) is 0. The highest BCUT2D eigenvalue weighted by molar-refractivity contribution is 6.60. The third-order valence-corrected chi connectivity index (χ3v) is 6.33. The van der Waals surface area contributed by atoms with E-state index in [1.54, 1.807) is 13.0 Å². The Morgan fingerprint density at radius 3 is 1.61 bits per heavy atom. The minimum absolute atomic E-state index is 0.274. The minimum atomic E-state index is -2.99. The predicted octanol–water partition coefficient (Wildman–Crippen LogP) is 2.59. The Bertz CT molecular complexity index is 361. The van der Waals surface area contributed by atoms with E-state index in [0.717, 1.165) is 0 Å². The number of hydrogen-bond donors (Lipinski definition) is 0. The highest BCUT2D eigenvalue weighted by atomic mass is 28.4. The summed E-state index contributed by atoms with van der Waals surface area (Å²) in [5.74, 6) is -0.360. The summed E-state index contributed by atoms with van der Waals surface area (Å²) in [6.45, 7) is 12.2. The smallest absolute Gasteiger partial charge is 0.463 e. The standard InChI is InChI=1S/C19H38O8Si/c1-5-10-19(20)24-11-9-18-28(25-15-12-21-6-2,26-16-13-22-7-3)27-17-14-23-8-4/h5,10H,6-9,11-18H2,1-4H3. The number of allylic oxidation sites excluding steroid dienone is 1. The summed E-state index contributed by atoms with van der Waals surface area (Å²) in [6.07, 6.45) is 3.61. The van der Waals surface area contributed by atoms with Gasteiger partial charge < -0.3 is 32.2 Å². The Kier molecular flexibility index (Phi) is 18.9. The summed E-state index contributed by atoms with van der Waals surface area (Å²) in [6, 6.07) is 0.528. The van der Waals surface area contributed by atoms with Crippen molar-refractivity contribution in [3.8, 4) is 0 Å². The van der Waals surface area contributed by atoms with Crippen LogP contribution < -0.4 is 0 Å². The maximum atomic E-state index is 11.5. The van der Waals surface area contributed by atoms with Crippen LogP contribution in [0, 0.1) is 0 Å². The van der Waals surface area contributed by atoms with E-state index in [2.05, 4.69) is 0 Å². The van der Waals surface area contributed by atoms with Gasteiger partial charge >= 0.3 is 14.8 Å². The Balaban J connectivity index is 4.77. The van der Waals surface area contributed by atoms with Gasteiger partial charge in [-0.25, -0.2) is 4.79 Å². The molecule has 0 rings (SSSR count). The number of carbonyl (C=O) groups is 1. The van der Waals surface area contributed by atoms with Gasteiger partial charge in [-0.1, -0.05) is 6.08 Å². The molecule has 0 saturated heterocycles. The van der Waals surface area contributed by atoms with E-state index in [4.69, 9.17) is 32.2 Å². The zero-order chi connectivity index (χ0) is 20.9. The first kappa shape index (κ1) is 27.2. The normalized spacial score (nSPS) is 12.0. The van der Waals surface area contributed by atoms with E-state index in [9.17, 15) is 4.79 Å². The van der Waals surface area contributed by atoms with Gasteiger partial charge in [0, 0.05) is 31.9 Å². The second-order valence-electron chi connectivity index (χ2n) is 5.59. The second kappa shape index (κ2) is 19.5. The lowest BCUT2D eigenvalue weighted by molar-refractivity contribution is -0.137. The summed E-state index contributed by atoms with van der Waals surface area (Å²) in [5, 5.41) is 0. The molecular formula is C19H38O8Si. The first-order valence-corrected chi connectivity index (χ1v) is 12.0. The average Bonchev–Trinajstić information content (AvgIpc) is 2.69. The number of ether oxygens (including phenoxy) is 4. The van der Waals surface area contributed by atoms with E-state index in [0.29, 0.717) is 71.9 Å². The van der Waals surface area contributed by atoms with Crippen LogP contribution in [0.15, 0.2) is 12.2 Å². The molecule has 0 radical (unpaired) electrons. The van der Waals surface area contributed by atoms with Crippen LogP contribution in [-0.4, -0.2) is 80.8 Å². The van der Waals surface area contributed by atoms with Crippen LogP contribution >= 0.6 is 0 Å². The SMILES string of the molecule is CC=CC(=O)OCCC[Si](OCCOCC)(OCCOCC)OCCOCC. The summed E-state index contributed by atoms with van der Waals surface area (Å²) < 4.78 is 39.4. The highest BCUT2D eigenvalue weighted by Crippen LogP contribution is 2.18. The molecule has 0 unspecified atom stereocenters. The van der Waals surface area contributed by atoms with Crippen molar-refractivity contribution in [2.24, 2.45) is 0 Å². The number of carbonyl (C=O) groups excluding carboxylic acids is 1. The fraction of sp³-hybridized carbons (Fsp3) is 0.842. The molecule has 0 aromatic rings. The van der Waals surface area contributed by atoms with Gasteiger partial charge in [-0.05, 0) is 34.1 Å². The molecule has 0 N–H and O–H groups in total. The van der Waals surface area contributed by atoms with Crippen molar-refractivity contribution in [1.82, 2.24) is 0 Å². The molecule has 0 atom stereocenters. The average molecular weight is 423 g/mol. The van der Waals surface area contributed by atoms with Crippen LogP contribution in [0.1, 0.15) is 34.1 Å². The van der Waals surface area contributed by atoms with Crippen LogP contribution in [0.3, 0.4) is 0 Å². The van der Waals surface area contributed by atoms with E-state index >= 15 is 0 Å². The maximum absolute atomic E-state index is 11.5. The molecule has 166 valence electrons. The van der Waals surface area contributed by atoms with E-state index < -0.39 is 8.80 Å². The lowest BCUT2D eigenvalue weighted by Gasteiger charge is -2.30. The fourth-order valence-electron chi connectivity index (χ4n) is 2.19. The number of esters is 1. The molecule has 0 saturated carbocycles. The van der Waals surface area contributed by atoms with E-state index in [1.165, 1.54) is 6.08 Å². The molecule has 0 bridgehead atoms. The van der Waals surface area contributed by atoms with Crippen molar-refractivity contribution in [3.05, 3.63) is 12.2 Å². The second-order valence-corrected chi connectivity index (χ2v) is 8.32. The molecule has 0 aromatic carbocycles. The van der Waals surface area contributed by atoms with E-state index in [1.807, 2.05) is 20.8 Å². The first-order valence-electron chi connectivity index (χ1n) is 10.1. The molecule has 28 heavy (non-hydrogen) atoms. The van der Waals surface area contributed by atoms with Gasteiger partial charge in [-0.3, -0.25) is 0 Å². The fourth-order valence-corrected chi connectivity index (χ4v) is 4.63. The van der Waals surface area contributed by atoms with Gasteiger partial charge in [0.2, 0.25) is 0 Å². The van der Waals surface area contributed by atoms with Crippen molar-refractivity contribution >= 4 is 14.8 Å². The Hall–Kier alpha value is -0.813. The van der Waals surface area contributed by atoms with Gasteiger partial charge in [-0.2, -0.15) is 0 Å². The van der Waals surface area contributed by atoms with Crippen molar-refractivity contribution < 1.29 is 37.0 Å². The molecule has 0 aliphatic rings. The minimum Gasteiger partial charge on any atom is -0.463 e. The topological polar surface area (TPSA) is 81.7 Å². The molecule has 8 nitrogen and oxygen atoms in total. The molecule has 9 heteroatoms. The Morgan fingerprint density at radius 2 is 1.21 bits per heavy atom. The largest absolute Gasteiger partial charge is 0.501 e. The maximum Gasteiger partial charge on any atom is 0.501 e. The summed E-state index contributed by atoms with van der Waals surface area (Å²) >= 11 is 0. The third-order valence-electron chi connectivity index (χ3n) is 3.44. The highest BCUT2D eigenvalue weighted by Gasteiger charge is 2.41. The molecule has 0 aromatic heterocycles.